The molecule has 1 atom stereocenters. The van der Waals surface area contributed by atoms with Gasteiger partial charge in [-0.05, 0) is 5.92 Å². The molecule has 0 spiro atoms. The molecule has 88 valence electrons. The summed E-state index contributed by atoms with van der Waals surface area (Å²) in [5, 5.41) is 10.0. The fourth-order valence-electron chi connectivity index (χ4n) is 1.84. The Morgan fingerprint density at radius 3 is 2.94 bits per heavy atom. The van der Waals surface area contributed by atoms with E-state index in [-0.39, 0.29) is 5.91 Å². The first-order valence-corrected chi connectivity index (χ1v) is 5.27. The molecule has 0 aliphatic carbocycles. The molecule has 1 aliphatic heterocycles. The molecule has 6 heteroatoms. The summed E-state index contributed by atoms with van der Waals surface area (Å²) in [5.74, 6) is 0.723. The van der Waals surface area contributed by atoms with Gasteiger partial charge in [-0.25, -0.2) is 4.98 Å². The van der Waals surface area contributed by atoms with Crippen molar-refractivity contribution in [3.63, 3.8) is 0 Å². The summed E-state index contributed by atoms with van der Waals surface area (Å²) in [6.07, 6.45) is 0.546. The number of anilines is 1. The molecule has 2 N–H and O–H groups in total. The van der Waals surface area contributed by atoms with E-state index in [0.29, 0.717) is 24.0 Å². The molecule has 16 heavy (non-hydrogen) atoms. The summed E-state index contributed by atoms with van der Waals surface area (Å²) >= 11 is 0. The number of aliphatic hydroxyl groups excluding tert-OH is 1. The largest absolute Gasteiger partial charge is 0.356 e. The van der Waals surface area contributed by atoms with Crippen LogP contribution < -0.4 is 4.90 Å². The van der Waals surface area contributed by atoms with E-state index < -0.39 is 6.35 Å². The van der Waals surface area contributed by atoms with Gasteiger partial charge >= 0.3 is 0 Å². The maximum absolute atomic E-state index is 11.8. The Bertz CT molecular complexity index is 401. The Labute approximate surface area is 93.9 Å². The molecule has 1 aliphatic rings. The number of aliphatic hydroxyl groups is 1. The molecule has 1 aromatic heterocycles. The van der Waals surface area contributed by atoms with Crippen molar-refractivity contribution >= 4 is 11.7 Å². The minimum Gasteiger partial charge on any atom is -0.356 e. The van der Waals surface area contributed by atoms with Crippen LogP contribution in [0.3, 0.4) is 0 Å². The van der Waals surface area contributed by atoms with Gasteiger partial charge in [0, 0.05) is 13.6 Å². The van der Waals surface area contributed by atoms with Crippen LogP contribution in [0.2, 0.25) is 0 Å². The van der Waals surface area contributed by atoms with Crippen LogP contribution in [-0.2, 0) is 0 Å². The molecule has 1 aromatic rings. The number of H-pyrrole nitrogens is 1. The number of fused-ring (bicyclic) bond motifs is 1. The minimum absolute atomic E-state index is 0.260. The molecule has 2 heterocycles. The summed E-state index contributed by atoms with van der Waals surface area (Å²) in [6, 6.07) is 0. The zero-order chi connectivity index (χ0) is 11.9. The van der Waals surface area contributed by atoms with E-state index in [1.54, 1.807) is 11.9 Å². The Morgan fingerprint density at radius 1 is 1.62 bits per heavy atom. The maximum Gasteiger partial charge on any atom is 0.279 e. The molecule has 0 aromatic carbocycles. The topological polar surface area (TPSA) is 72.5 Å². The van der Waals surface area contributed by atoms with Crippen LogP contribution in [0.4, 0.5) is 5.82 Å². The van der Waals surface area contributed by atoms with Crippen LogP contribution in [0.5, 0.6) is 0 Å². The first-order valence-electron chi connectivity index (χ1n) is 5.27. The van der Waals surface area contributed by atoms with E-state index in [4.69, 9.17) is 0 Å². The number of imidazole rings is 1. The maximum atomic E-state index is 11.8. The molecule has 6 nitrogen and oxygen atoms in total. The van der Waals surface area contributed by atoms with Gasteiger partial charge in [-0.15, -0.1) is 0 Å². The number of nitrogens with one attached hydrogen (secondary N) is 1. The van der Waals surface area contributed by atoms with Gasteiger partial charge in [0.25, 0.3) is 5.91 Å². The summed E-state index contributed by atoms with van der Waals surface area (Å²) in [7, 11) is 1.57. The number of aromatic amines is 1. The first-order chi connectivity index (χ1) is 7.52. The zero-order valence-corrected chi connectivity index (χ0v) is 9.64. The third-order valence-electron chi connectivity index (χ3n) is 2.62. The predicted octanol–water partition coefficient (Wildman–Crippen LogP) is 0.234. The van der Waals surface area contributed by atoms with Gasteiger partial charge in [0.2, 0.25) is 6.35 Å². The lowest BCUT2D eigenvalue weighted by Crippen LogP contribution is -2.54. The van der Waals surface area contributed by atoms with Gasteiger partial charge in [0.15, 0.2) is 5.69 Å². The number of amides is 1. The molecular formula is C10H16N4O2. The number of aromatic nitrogens is 2. The summed E-state index contributed by atoms with van der Waals surface area (Å²) in [5.41, 5.74) is 0.369. The van der Waals surface area contributed by atoms with E-state index in [0.717, 1.165) is 0 Å². The lowest BCUT2D eigenvalue weighted by molar-refractivity contribution is 0.0118. The molecule has 1 amide bonds. The number of hydrogen-bond acceptors (Lipinski definition) is 4. The van der Waals surface area contributed by atoms with Crippen molar-refractivity contribution in [2.75, 3.05) is 18.5 Å². The molecule has 1 unspecified atom stereocenters. The van der Waals surface area contributed by atoms with E-state index in [9.17, 15) is 9.90 Å². The predicted molar refractivity (Wildman–Crippen MR) is 58.9 cm³/mol. The molecular weight excluding hydrogens is 208 g/mol. The average Bonchev–Trinajstić information content (AvgIpc) is 2.69. The smallest absolute Gasteiger partial charge is 0.279 e. The molecule has 0 fully saturated rings. The van der Waals surface area contributed by atoms with E-state index in [2.05, 4.69) is 23.8 Å². The second-order valence-electron chi connectivity index (χ2n) is 4.41. The molecule has 0 saturated carbocycles. The van der Waals surface area contributed by atoms with Gasteiger partial charge in [-0.2, -0.15) is 0 Å². The average molecular weight is 224 g/mol. The van der Waals surface area contributed by atoms with Gasteiger partial charge < -0.3 is 15.0 Å². The summed E-state index contributed by atoms with van der Waals surface area (Å²) in [6.45, 7) is 4.77. The number of rotatable bonds is 2. The fraction of sp³-hybridized carbons (Fsp3) is 0.600. The highest BCUT2D eigenvalue weighted by atomic mass is 16.3. The second kappa shape index (κ2) is 3.79. The van der Waals surface area contributed by atoms with Crippen LogP contribution in [0.1, 0.15) is 24.3 Å². The minimum atomic E-state index is -0.928. The van der Waals surface area contributed by atoms with Gasteiger partial charge in [-0.3, -0.25) is 9.69 Å². The van der Waals surface area contributed by atoms with E-state index in [1.807, 2.05) is 0 Å². The molecule has 0 bridgehead atoms. The van der Waals surface area contributed by atoms with Crippen molar-refractivity contribution in [1.29, 1.82) is 0 Å². The van der Waals surface area contributed by atoms with Crippen molar-refractivity contribution in [3.05, 3.63) is 12.0 Å². The van der Waals surface area contributed by atoms with E-state index >= 15 is 0 Å². The third kappa shape index (κ3) is 1.55. The normalized spacial score (nSPS) is 20.6. The SMILES string of the molecule is CC(C)CN1c2[nH]cnc2C(=O)N(C)C1O. The highest BCUT2D eigenvalue weighted by Crippen LogP contribution is 2.26. The lowest BCUT2D eigenvalue weighted by atomic mass is 10.2. The van der Waals surface area contributed by atoms with E-state index in [1.165, 1.54) is 11.2 Å². The molecule has 0 radical (unpaired) electrons. The quantitative estimate of drug-likeness (QED) is 0.754. The Kier molecular flexibility index (Phi) is 2.59. The van der Waals surface area contributed by atoms with Gasteiger partial charge in [0.1, 0.15) is 5.82 Å². The van der Waals surface area contributed by atoms with Crippen LogP contribution >= 0.6 is 0 Å². The highest BCUT2D eigenvalue weighted by molar-refractivity contribution is 5.98. The number of nitrogens with zero attached hydrogens (tertiary/aromatic N) is 3. The number of hydrogen-bond donors (Lipinski definition) is 2. The standard InChI is InChI=1S/C10H16N4O2/c1-6(2)4-14-8-7(11-5-12-8)9(15)13(3)10(14)16/h5-6,10,16H,4H2,1-3H3,(H,11,12). The van der Waals surface area contributed by atoms with Crippen molar-refractivity contribution < 1.29 is 9.90 Å². The highest BCUT2D eigenvalue weighted by Gasteiger charge is 2.36. The Morgan fingerprint density at radius 2 is 2.31 bits per heavy atom. The zero-order valence-electron chi connectivity index (χ0n) is 9.64. The fourth-order valence-corrected chi connectivity index (χ4v) is 1.84. The second-order valence-corrected chi connectivity index (χ2v) is 4.41. The van der Waals surface area contributed by atoms with Crippen molar-refractivity contribution in [1.82, 2.24) is 14.9 Å². The van der Waals surface area contributed by atoms with Crippen LogP contribution in [-0.4, -0.2) is 45.8 Å². The van der Waals surface area contributed by atoms with Crippen molar-refractivity contribution in [3.8, 4) is 0 Å². The van der Waals surface area contributed by atoms with Crippen LogP contribution in [0.15, 0.2) is 6.33 Å². The molecule has 0 saturated heterocycles. The Hall–Kier alpha value is -1.56. The van der Waals surface area contributed by atoms with Crippen LogP contribution in [0.25, 0.3) is 0 Å². The van der Waals surface area contributed by atoms with Crippen LogP contribution in [0, 0.1) is 5.92 Å². The first kappa shape index (κ1) is 10.9. The van der Waals surface area contributed by atoms with Crippen molar-refractivity contribution in [2.24, 2.45) is 5.92 Å². The molecule has 2 rings (SSSR count). The number of carbonyl (C=O) groups excluding carboxylic acids is 1. The Balaban J connectivity index is 2.39. The third-order valence-corrected chi connectivity index (χ3v) is 2.62. The lowest BCUT2D eigenvalue weighted by Gasteiger charge is -2.39. The van der Waals surface area contributed by atoms with Gasteiger partial charge in [-0.1, -0.05) is 13.8 Å². The van der Waals surface area contributed by atoms with Gasteiger partial charge in [0.05, 0.1) is 6.33 Å². The summed E-state index contributed by atoms with van der Waals surface area (Å²) in [4.78, 5) is 21.7. The van der Waals surface area contributed by atoms with Crippen molar-refractivity contribution in [2.45, 2.75) is 20.2 Å². The summed E-state index contributed by atoms with van der Waals surface area (Å²) < 4.78 is 0. The monoisotopic (exact) mass is 224 g/mol. The number of carbonyl (C=O) groups is 1.